The van der Waals surface area contributed by atoms with Crippen molar-refractivity contribution in [1.82, 2.24) is 22.9 Å². The van der Waals surface area contributed by atoms with Crippen molar-refractivity contribution in [3.05, 3.63) is 98.7 Å². The lowest BCUT2D eigenvalue weighted by atomic mass is 10.0. The zero-order chi connectivity index (χ0) is 25.5. The fraction of sp³-hybridized carbons (Fsp3) is 0.217. The number of benzene rings is 1. The van der Waals surface area contributed by atoms with Crippen molar-refractivity contribution in [2.45, 2.75) is 13.1 Å². The number of hydrogen-bond acceptors (Lipinski definition) is 11. The lowest BCUT2D eigenvalue weighted by Crippen LogP contribution is -2.44. The van der Waals surface area contributed by atoms with E-state index in [9.17, 15) is 19.6 Å². The lowest BCUT2D eigenvalue weighted by Gasteiger charge is -2.17. The highest BCUT2D eigenvalue weighted by atomic mass is 32.1. The van der Waals surface area contributed by atoms with Gasteiger partial charge in [0.15, 0.2) is 0 Å². The molecule has 12 nitrogen and oxygen atoms in total. The summed E-state index contributed by atoms with van der Waals surface area (Å²) in [4.78, 5) is 40.9. The Balaban J connectivity index is 1.65. The molecule has 1 unspecified atom stereocenters. The Morgan fingerprint density at radius 2 is 2.03 bits per heavy atom. The molecule has 0 aliphatic heterocycles. The van der Waals surface area contributed by atoms with Gasteiger partial charge in [-0.05, 0) is 30.8 Å². The molecule has 4 rings (SSSR count). The van der Waals surface area contributed by atoms with Crippen molar-refractivity contribution in [1.29, 1.82) is 0 Å². The number of ether oxygens (including phenoxy) is 1. The molecule has 13 heteroatoms. The summed E-state index contributed by atoms with van der Waals surface area (Å²) in [6.07, 6.45) is 8.76. The fourth-order valence-corrected chi connectivity index (χ4v) is 3.69. The number of nitrogens with zero attached hydrogens (tertiary/aromatic N) is 6. The number of aliphatic hydroxyl groups excluding tert-OH is 1. The van der Waals surface area contributed by atoms with Crippen LogP contribution >= 0.6 is 11.7 Å². The molecule has 0 amide bonds. The van der Waals surface area contributed by atoms with E-state index < -0.39 is 23.9 Å². The first-order valence-electron chi connectivity index (χ1n) is 10.8. The van der Waals surface area contributed by atoms with Gasteiger partial charge in [0.05, 0.1) is 30.4 Å². The van der Waals surface area contributed by atoms with Crippen LogP contribution in [-0.4, -0.2) is 41.1 Å². The van der Waals surface area contributed by atoms with Gasteiger partial charge in [0, 0.05) is 55.0 Å². The average molecular weight is 509 g/mol. The first-order valence-corrected chi connectivity index (χ1v) is 11.5. The summed E-state index contributed by atoms with van der Waals surface area (Å²) in [6, 6.07) is 6.78. The molecule has 1 aliphatic carbocycles. The van der Waals surface area contributed by atoms with Crippen LogP contribution in [0.3, 0.4) is 0 Å². The molecule has 3 aromatic rings. The summed E-state index contributed by atoms with van der Waals surface area (Å²) in [7, 11) is 0. The SMILES string of the molecule is C=C1C=CC(Cn2c(Nc3ccc(Oc4cnsn4)cc3)nc(=O)n(CC(CO)CN=O)c2=O)=C[CH+]1. The number of aliphatic hydroxyl groups is 1. The van der Waals surface area contributed by atoms with Crippen molar-refractivity contribution < 1.29 is 9.84 Å². The second-order valence-electron chi connectivity index (χ2n) is 7.87. The molecule has 36 heavy (non-hydrogen) atoms. The molecule has 1 atom stereocenters. The maximum Gasteiger partial charge on any atom is 0.354 e. The van der Waals surface area contributed by atoms with E-state index in [0.29, 0.717) is 17.3 Å². The molecule has 1 aromatic carbocycles. The minimum atomic E-state index is -0.813. The molecular weight excluding hydrogens is 486 g/mol. The summed E-state index contributed by atoms with van der Waals surface area (Å²) >= 11 is 1.03. The molecule has 184 valence electrons. The van der Waals surface area contributed by atoms with Crippen LogP contribution in [0.5, 0.6) is 11.6 Å². The van der Waals surface area contributed by atoms with Crippen LogP contribution in [0.2, 0.25) is 0 Å². The second kappa shape index (κ2) is 11.4. The smallest absolute Gasteiger partial charge is 0.354 e. The largest absolute Gasteiger partial charge is 0.437 e. The summed E-state index contributed by atoms with van der Waals surface area (Å²) in [5.74, 6) is 0.249. The van der Waals surface area contributed by atoms with E-state index >= 15 is 0 Å². The quantitative estimate of drug-likeness (QED) is 0.294. The van der Waals surface area contributed by atoms with Crippen molar-refractivity contribution >= 4 is 23.4 Å². The van der Waals surface area contributed by atoms with Gasteiger partial charge in [0.2, 0.25) is 5.95 Å². The van der Waals surface area contributed by atoms with E-state index in [1.807, 2.05) is 24.6 Å². The standard InChI is InChI=1S/C23H21N7O5S/c1-15-2-4-16(5-3-15)12-29-21(27-22(32)30(23(29)33)13-17(14-31)10-24-34)26-18-6-8-19(9-7-18)35-20-11-25-36-28-20/h2-9,11,17,31H,1,10,12-14H2/p+1. The Kier molecular flexibility index (Phi) is 7.82. The highest BCUT2D eigenvalue weighted by Gasteiger charge is 2.19. The summed E-state index contributed by atoms with van der Waals surface area (Å²) in [5.41, 5.74) is 0.704. The Morgan fingerprint density at radius 3 is 2.67 bits per heavy atom. The van der Waals surface area contributed by atoms with E-state index in [-0.39, 0.29) is 25.6 Å². The maximum absolute atomic E-state index is 13.4. The highest BCUT2D eigenvalue weighted by molar-refractivity contribution is 6.99. The molecule has 0 saturated heterocycles. The van der Waals surface area contributed by atoms with Gasteiger partial charge in [-0.15, -0.1) is 4.37 Å². The molecule has 2 heterocycles. The average Bonchev–Trinajstić information content (AvgIpc) is 3.39. The summed E-state index contributed by atoms with van der Waals surface area (Å²) < 4.78 is 15.7. The van der Waals surface area contributed by atoms with Crippen LogP contribution in [0.4, 0.5) is 11.6 Å². The topological polar surface area (TPSA) is 154 Å². The number of nitrogens with one attached hydrogen (secondary N) is 1. The van der Waals surface area contributed by atoms with Gasteiger partial charge in [-0.2, -0.15) is 14.3 Å². The third-order valence-corrected chi connectivity index (χ3v) is 5.68. The predicted molar refractivity (Wildman–Crippen MR) is 134 cm³/mol. The minimum absolute atomic E-state index is 0.0337. The van der Waals surface area contributed by atoms with Gasteiger partial charge in [0.25, 0.3) is 5.88 Å². The number of hydrogen-bond donors (Lipinski definition) is 2. The van der Waals surface area contributed by atoms with Gasteiger partial charge in [-0.25, -0.2) is 18.7 Å². The van der Waals surface area contributed by atoms with Crippen LogP contribution < -0.4 is 21.4 Å². The molecule has 2 N–H and O–H groups in total. The molecule has 1 aliphatic rings. The fourth-order valence-electron chi connectivity index (χ4n) is 3.34. The second-order valence-corrected chi connectivity index (χ2v) is 8.43. The van der Waals surface area contributed by atoms with Crippen molar-refractivity contribution in [3.63, 3.8) is 0 Å². The number of aromatic nitrogens is 5. The zero-order valence-corrected chi connectivity index (χ0v) is 19.8. The van der Waals surface area contributed by atoms with Crippen LogP contribution in [0.15, 0.2) is 81.2 Å². The van der Waals surface area contributed by atoms with Crippen LogP contribution in [0.1, 0.15) is 0 Å². The van der Waals surface area contributed by atoms with Crippen molar-refractivity contribution in [3.8, 4) is 11.6 Å². The first-order chi connectivity index (χ1) is 17.5. The number of nitroso groups, excluding NO2 is 1. The molecule has 2 aromatic heterocycles. The molecule has 0 spiro atoms. The van der Waals surface area contributed by atoms with Gasteiger partial charge in [-0.1, -0.05) is 5.18 Å². The summed E-state index contributed by atoms with van der Waals surface area (Å²) in [6.45, 7) is 3.14. The lowest BCUT2D eigenvalue weighted by molar-refractivity contribution is 0.211. The molecule has 0 saturated carbocycles. The Morgan fingerprint density at radius 1 is 1.22 bits per heavy atom. The normalized spacial score (nSPS) is 13.6. The van der Waals surface area contributed by atoms with Crippen LogP contribution in [-0.2, 0) is 13.1 Å². The summed E-state index contributed by atoms with van der Waals surface area (Å²) in [5, 5.41) is 15.3. The number of allylic oxidation sites excluding steroid dienone is 5. The predicted octanol–water partition coefficient (Wildman–Crippen LogP) is 2.42. The van der Waals surface area contributed by atoms with Crippen molar-refractivity contribution in [2.75, 3.05) is 18.5 Å². The third kappa shape index (κ3) is 6.00. The van der Waals surface area contributed by atoms with E-state index in [0.717, 1.165) is 27.4 Å². The number of rotatable bonds is 11. The first kappa shape index (κ1) is 24.8. The van der Waals surface area contributed by atoms with E-state index in [1.165, 1.54) is 10.8 Å². The van der Waals surface area contributed by atoms with E-state index in [1.54, 1.807) is 24.3 Å². The Bertz CT molecular complexity index is 1410. The van der Waals surface area contributed by atoms with Gasteiger partial charge in [-0.3, -0.25) is 0 Å². The van der Waals surface area contributed by atoms with Gasteiger partial charge >= 0.3 is 11.4 Å². The molecular formula is C23H22N7O5S+. The molecule has 0 radical (unpaired) electrons. The monoisotopic (exact) mass is 508 g/mol. The van der Waals surface area contributed by atoms with Gasteiger partial charge in [0.1, 0.15) is 11.9 Å². The minimum Gasteiger partial charge on any atom is -0.437 e. The van der Waals surface area contributed by atoms with Gasteiger partial charge < -0.3 is 15.2 Å². The molecule has 0 bridgehead atoms. The van der Waals surface area contributed by atoms with E-state index in [2.05, 4.69) is 30.8 Å². The highest BCUT2D eigenvalue weighted by Crippen LogP contribution is 2.23. The maximum atomic E-state index is 13.4. The number of anilines is 2. The third-order valence-electron chi connectivity index (χ3n) is 5.22. The molecule has 0 fully saturated rings. The Labute approximate surface area is 209 Å². The van der Waals surface area contributed by atoms with Crippen molar-refractivity contribution in [2.24, 2.45) is 11.1 Å². The van der Waals surface area contributed by atoms with Crippen LogP contribution in [0, 0.1) is 17.2 Å². The van der Waals surface area contributed by atoms with E-state index in [4.69, 9.17) is 4.74 Å². The van der Waals surface area contributed by atoms with Crippen LogP contribution in [0.25, 0.3) is 0 Å². The zero-order valence-electron chi connectivity index (χ0n) is 19.0. The Hall–Kier alpha value is -4.36.